The minimum Gasteiger partial charge on any atom is -0.494 e. The number of aryl methyl sites for hydroxylation is 1. The maximum atomic E-state index is 12.6. The molecule has 3 nitrogen and oxygen atoms in total. The summed E-state index contributed by atoms with van der Waals surface area (Å²) in [5.74, 6) is 1.73. The van der Waals surface area contributed by atoms with Crippen molar-refractivity contribution in [3.63, 3.8) is 0 Å². The van der Waals surface area contributed by atoms with E-state index in [1.54, 1.807) is 12.1 Å². The van der Waals surface area contributed by atoms with Gasteiger partial charge in [0.05, 0.1) is 12.2 Å². The Hall–Kier alpha value is -3.07. The molecular weight excluding hydrogens is 468 g/mol. The second kappa shape index (κ2) is 16.7. The van der Waals surface area contributed by atoms with Crippen molar-refractivity contribution in [1.29, 1.82) is 0 Å². The van der Waals surface area contributed by atoms with E-state index in [0.29, 0.717) is 11.3 Å². The summed E-state index contributed by atoms with van der Waals surface area (Å²) in [6.45, 7) is 7.53. The van der Waals surface area contributed by atoms with Crippen molar-refractivity contribution in [2.24, 2.45) is 5.92 Å². The summed E-state index contributed by atoms with van der Waals surface area (Å²) in [4.78, 5) is 12.6. The third-order valence-electron chi connectivity index (χ3n) is 7.33. The minimum atomic E-state index is -0.357. The summed E-state index contributed by atoms with van der Waals surface area (Å²) in [5.41, 5.74) is 4.15. The Bertz CT molecular complexity index is 1050. The first-order valence-corrected chi connectivity index (χ1v) is 14.7. The van der Waals surface area contributed by atoms with Gasteiger partial charge in [-0.1, -0.05) is 109 Å². The molecule has 0 aliphatic heterocycles. The maximum Gasteiger partial charge on any atom is 0.343 e. The van der Waals surface area contributed by atoms with Crippen molar-refractivity contribution in [2.75, 3.05) is 6.61 Å². The van der Waals surface area contributed by atoms with Crippen LogP contribution in [0.1, 0.15) is 101 Å². The van der Waals surface area contributed by atoms with E-state index in [1.807, 2.05) is 36.4 Å². The third kappa shape index (κ3) is 10.4. The first kappa shape index (κ1) is 29.5. The second-order valence-corrected chi connectivity index (χ2v) is 10.5. The van der Waals surface area contributed by atoms with Gasteiger partial charge in [0.15, 0.2) is 0 Å². The molecular formula is C35H46O3. The van der Waals surface area contributed by atoms with Gasteiger partial charge in [0.1, 0.15) is 11.5 Å². The zero-order valence-electron chi connectivity index (χ0n) is 23.7. The average Bonchev–Trinajstić information content (AvgIpc) is 2.96. The van der Waals surface area contributed by atoms with Gasteiger partial charge >= 0.3 is 5.97 Å². The molecule has 0 unspecified atom stereocenters. The number of hydrogen-bond donors (Lipinski definition) is 0. The summed E-state index contributed by atoms with van der Waals surface area (Å²) in [5, 5.41) is 0. The van der Waals surface area contributed by atoms with Crippen LogP contribution in [0.25, 0.3) is 11.1 Å². The summed E-state index contributed by atoms with van der Waals surface area (Å²) in [6, 6.07) is 23.7. The standard InChI is InChI=1S/C35H46O3/c1-4-6-7-8-9-10-11-12-27-37-33-23-25-34(26-24-33)38-35(36)32-21-19-31(20-22-32)30-17-15-29(16-18-30)14-13-28(3)5-2/h15-26,28H,4-14,27H2,1-3H3/t28-/m0/s1. The first-order valence-electron chi connectivity index (χ1n) is 14.7. The lowest BCUT2D eigenvalue weighted by molar-refractivity contribution is 0.0734. The molecule has 3 aromatic carbocycles. The summed E-state index contributed by atoms with van der Waals surface area (Å²) >= 11 is 0. The Morgan fingerprint density at radius 1 is 0.684 bits per heavy atom. The van der Waals surface area contributed by atoms with E-state index in [0.717, 1.165) is 42.2 Å². The van der Waals surface area contributed by atoms with Gasteiger partial charge in [-0.25, -0.2) is 4.79 Å². The van der Waals surface area contributed by atoms with Crippen molar-refractivity contribution >= 4 is 5.97 Å². The Morgan fingerprint density at radius 2 is 1.24 bits per heavy atom. The van der Waals surface area contributed by atoms with Crippen LogP contribution in [0, 0.1) is 5.92 Å². The number of hydrogen-bond acceptors (Lipinski definition) is 3. The number of carbonyl (C=O) groups is 1. The van der Waals surface area contributed by atoms with Crippen molar-refractivity contribution in [3.05, 3.63) is 83.9 Å². The Morgan fingerprint density at radius 3 is 1.84 bits per heavy atom. The molecule has 3 rings (SSSR count). The number of unbranched alkanes of at least 4 members (excludes halogenated alkanes) is 7. The lowest BCUT2D eigenvalue weighted by Crippen LogP contribution is -2.08. The number of esters is 1. The van der Waals surface area contributed by atoms with Crippen LogP contribution in [0.2, 0.25) is 0 Å². The molecule has 0 radical (unpaired) electrons. The molecule has 3 aromatic rings. The van der Waals surface area contributed by atoms with E-state index in [-0.39, 0.29) is 5.97 Å². The SMILES string of the molecule is CCCCCCCCCCOc1ccc(OC(=O)c2ccc(-c3ccc(CC[C@@H](C)CC)cc3)cc2)cc1. The van der Waals surface area contributed by atoms with Crippen molar-refractivity contribution < 1.29 is 14.3 Å². The fraction of sp³-hybridized carbons (Fsp3) is 0.457. The molecule has 0 aromatic heterocycles. The summed E-state index contributed by atoms with van der Waals surface area (Å²) in [7, 11) is 0. The number of ether oxygens (including phenoxy) is 2. The maximum absolute atomic E-state index is 12.6. The second-order valence-electron chi connectivity index (χ2n) is 10.5. The Balaban J connectivity index is 1.40. The molecule has 0 saturated heterocycles. The highest BCUT2D eigenvalue weighted by molar-refractivity contribution is 5.91. The summed E-state index contributed by atoms with van der Waals surface area (Å²) in [6.07, 6.45) is 13.8. The first-order chi connectivity index (χ1) is 18.6. The predicted molar refractivity (Wildman–Crippen MR) is 159 cm³/mol. The monoisotopic (exact) mass is 514 g/mol. The van der Waals surface area contributed by atoms with Crippen LogP contribution in [-0.4, -0.2) is 12.6 Å². The molecule has 204 valence electrons. The highest BCUT2D eigenvalue weighted by Gasteiger charge is 2.10. The topological polar surface area (TPSA) is 35.5 Å². The molecule has 0 spiro atoms. The van der Waals surface area contributed by atoms with E-state index in [2.05, 4.69) is 45.0 Å². The Kier molecular flexibility index (Phi) is 13.0. The molecule has 0 bridgehead atoms. The van der Waals surface area contributed by atoms with Crippen LogP contribution >= 0.6 is 0 Å². The van der Waals surface area contributed by atoms with Gasteiger partial charge in [0.25, 0.3) is 0 Å². The molecule has 0 fully saturated rings. The van der Waals surface area contributed by atoms with E-state index >= 15 is 0 Å². The zero-order chi connectivity index (χ0) is 27.0. The van der Waals surface area contributed by atoms with E-state index in [1.165, 1.54) is 63.4 Å². The van der Waals surface area contributed by atoms with Gasteiger partial charge in [-0.2, -0.15) is 0 Å². The van der Waals surface area contributed by atoms with Gasteiger partial charge in [-0.15, -0.1) is 0 Å². The fourth-order valence-electron chi connectivity index (χ4n) is 4.48. The van der Waals surface area contributed by atoms with Crippen molar-refractivity contribution in [2.45, 2.75) is 91.4 Å². The fourth-order valence-corrected chi connectivity index (χ4v) is 4.48. The van der Waals surface area contributed by atoms with Gasteiger partial charge < -0.3 is 9.47 Å². The minimum absolute atomic E-state index is 0.357. The molecule has 0 heterocycles. The van der Waals surface area contributed by atoms with Crippen LogP contribution in [0.5, 0.6) is 11.5 Å². The predicted octanol–water partition coefficient (Wildman–Crippen LogP) is 10.1. The van der Waals surface area contributed by atoms with Gasteiger partial charge in [0.2, 0.25) is 0 Å². The molecule has 0 N–H and O–H groups in total. The highest BCUT2D eigenvalue weighted by atomic mass is 16.5. The van der Waals surface area contributed by atoms with Crippen molar-refractivity contribution in [1.82, 2.24) is 0 Å². The van der Waals surface area contributed by atoms with Crippen LogP contribution in [0.4, 0.5) is 0 Å². The Labute approximate surface area is 230 Å². The van der Waals surface area contributed by atoms with Gasteiger partial charge in [-0.05, 0) is 78.3 Å². The van der Waals surface area contributed by atoms with Crippen LogP contribution in [0.3, 0.4) is 0 Å². The number of benzene rings is 3. The molecule has 38 heavy (non-hydrogen) atoms. The third-order valence-corrected chi connectivity index (χ3v) is 7.33. The zero-order valence-corrected chi connectivity index (χ0v) is 23.7. The van der Waals surface area contributed by atoms with E-state index < -0.39 is 0 Å². The molecule has 0 aliphatic rings. The van der Waals surface area contributed by atoms with Gasteiger partial charge in [-0.3, -0.25) is 0 Å². The number of rotatable bonds is 17. The lowest BCUT2D eigenvalue weighted by atomic mass is 9.97. The van der Waals surface area contributed by atoms with Gasteiger partial charge in [0, 0.05) is 0 Å². The van der Waals surface area contributed by atoms with Crippen molar-refractivity contribution in [3.8, 4) is 22.6 Å². The molecule has 0 amide bonds. The average molecular weight is 515 g/mol. The van der Waals surface area contributed by atoms with E-state index in [9.17, 15) is 4.79 Å². The molecule has 0 aliphatic carbocycles. The summed E-state index contributed by atoms with van der Waals surface area (Å²) < 4.78 is 11.4. The normalized spacial score (nSPS) is 11.8. The largest absolute Gasteiger partial charge is 0.494 e. The lowest BCUT2D eigenvalue weighted by Gasteiger charge is -2.09. The van der Waals surface area contributed by atoms with Crippen LogP contribution in [-0.2, 0) is 6.42 Å². The van der Waals surface area contributed by atoms with Crippen LogP contribution < -0.4 is 9.47 Å². The quantitative estimate of drug-likeness (QED) is 0.102. The molecule has 1 atom stereocenters. The van der Waals surface area contributed by atoms with Crippen LogP contribution in [0.15, 0.2) is 72.8 Å². The smallest absolute Gasteiger partial charge is 0.343 e. The molecule has 3 heteroatoms. The molecule has 0 saturated carbocycles. The highest BCUT2D eigenvalue weighted by Crippen LogP contribution is 2.23. The van der Waals surface area contributed by atoms with E-state index in [4.69, 9.17) is 9.47 Å². The number of carbonyl (C=O) groups excluding carboxylic acids is 1.